The highest BCUT2D eigenvalue weighted by atomic mass is 16.5. The lowest BCUT2D eigenvalue weighted by molar-refractivity contribution is -0.119. The Balaban J connectivity index is 1.55. The summed E-state index contributed by atoms with van der Waals surface area (Å²) >= 11 is 0. The number of hydrogen-bond donors (Lipinski definition) is 2. The van der Waals surface area contributed by atoms with Crippen molar-refractivity contribution in [1.29, 1.82) is 0 Å². The van der Waals surface area contributed by atoms with Gasteiger partial charge in [-0.25, -0.2) is 14.8 Å². The van der Waals surface area contributed by atoms with E-state index in [9.17, 15) is 9.59 Å². The van der Waals surface area contributed by atoms with E-state index in [4.69, 9.17) is 4.74 Å². The van der Waals surface area contributed by atoms with Crippen LogP contribution < -0.4 is 10.6 Å². The molecule has 1 aromatic rings. The molecule has 3 amide bonds. The Kier molecular flexibility index (Phi) is 4.16. The Bertz CT molecular complexity index is 630. The van der Waals surface area contributed by atoms with E-state index in [1.807, 2.05) is 20.8 Å². The molecule has 0 aliphatic carbocycles. The van der Waals surface area contributed by atoms with Crippen molar-refractivity contribution in [3.8, 4) is 0 Å². The van der Waals surface area contributed by atoms with Gasteiger partial charge in [0.15, 0.2) is 0 Å². The molecular formula is C16H23N5O3. The van der Waals surface area contributed by atoms with E-state index in [-0.39, 0.29) is 24.0 Å². The summed E-state index contributed by atoms with van der Waals surface area (Å²) in [7, 11) is 0. The highest BCUT2D eigenvalue weighted by Crippen LogP contribution is 2.27. The van der Waals surface area contributed by atoms with Gasteiger partial charge in [0.1, 0.15) is 18.2 Å². The van der Waals surface area contributed by atoms with E-state index in [1.54, 1.807) is 17.3 Å². The standard InChI is InChI=1S/C16H23N5O3/c1-15(2,3)13-17-8-11(9-18-13)19-14(23)21-6-4-16(5-7-21)20-12(22)10-24-16/h8-9H,4-7,10H2,1-3H3,(H,19,23)(H,20,22). The van der Waals surface area contributed by atoms with Crippen molar-refractivity contribution in [2.45, 2.75) is 44.8 Å². The Labute approximate surface area is 141 Å². The number of amides is 3. The first-order chi connectivity index (χ1) is 11.3. The Morgan fingerprint density at radius 1 is 1.29 bits per heavy atom. The van der Waals surface area contributed by atoms with E-state index in [2.05, 4.69) is 20.6 Å². The summed E-state index contributed by atoms with van der Waals surface area (Å²) in [5.74, 6) is 0.638. The number of carbonyl (C=O) groups is 2. The maximum absolute atomic E-state index is 12.3. The zero-order chi connectivity index (χ0) is 17.4. The molecule has 2 aliphatic rings. The summed E-state index contributed by atoms with van der Waals surface area (Å²) in [6, 6.07) is -0.193. The molecule has 2 fully saturated rings. The second kappa shape index (κ2) is 6.01. The van der Waals surface area contributed by atoms with Crippen LogP contribution in [0.1, 0.15) is 39.4 Å². The molecule has 3 rings (SSSR count). The molecule has 0 bridgehead atoms. The lowest BCUT2D eigenvalue weighted by Gasteiger charge is -2.37. The number of hydrogen-bond acceptors (Lipinski definition) is 5. The van der Waals surface area contributed by atoms with Gasteiger partial charge in [0.05, 0.1) is 18.1 Å². The van der Waals surface area contributed by atoms with Crippen LogP contribution in [0.15, 0.2) is 12.4 Å². The summed E-state index contributed by atoms with van der Waals surface area (Å²) in [6.45, 7) is 7.25. The molecule has 8 heteroatoms. The van der Waals surface area contributed by atoms with E-state index in [0.717, 1.165) is 5.82 Å². The number of nitrogens with zero attached hydrogens (tertiary/aromatic N) is 3. The van der Waals surface area contributed by atoms with Gasteiger partial charge in [-0.15, -0.1) is 0 Å². The van der Waals surface area contributed by atoms with Crippen LogP contribution in [-0.2, 0) is 14.9 Å². The molecule has 0 radical (unpaired) electrons. The number of ether oxygens (including phenoxy) is 1. The average molecular weight is 333 g/mol. The minimum absolute atomic E-state index is 0.0935. The van der Waals surface area contributed by atoms with Crippen molar-refractivity contribution < 1.29 is 14.3 Å². The fourth-order valence-electron chi connectivity index (χ4n) is 2.85. The van der Waals surface area contributed by atoms with E-state index in [0.29, 0.717) is 31.6 Å². The quantitative estimate of drug-likeness (QED) is 0.806. The molecule has 0 saturated carbocycles. The van der Waals surface area contributed by atoms with Gasteiger partial charge in [0.25, 0.3) is 0 Å². The highest BCUT2D eigenvalue weighted by Gasteiger charge is 2.42. The van der Waals surface area contributed by atoms with Gasteiger partial charge in [-0.05, 0) is 0 Å². The summed E-state index contributed by atoms with van der Waals surface area (Å²) in [5, 5.41) is 5.67. The van der Waals surface area contributed by atoms with Gasteiger partial charge in [0.2, 0.25) is 5.91 Å². The van der Waals surface area contributed by atoms with Crippen LogP contribution >= 0.6 is 0 Å². The van der Waals surface area contributed by atoms with Crippen LogP contribution in [0.4, 0.5) is 10.5 Å². The zero-order valence-corrected chi connectivity index (χ0v) is 14.3. The maximum Gasteiger partial charge on any atom is 0.321 e. The predicted octanol–water partition coefficient (Wildman–Crippen LogP) is 1.24. The summed E-state index contributed by atoms with van der Waals surface area (Å²) in [5.41, 5.74) is -0.153. The molecule has 2 saturated heterocycles. The van der Waals surface area contributed by atoms with Gasteiger partial charge < -0.3 is 20.3 Å². The van der Waals surface area contributed by atoms with Crippen LogP contribution in [-0.4, -0.2) is 52.2 Å². The van der Waals surface area contributed by atoms with Gasteiger partial charge in [-0.2, -0.15) is 0 Å². The Morgan fingerprint density at radius 3 is 2.42 bits per heavy atom. The molecule has 0 aromatic carbocycles. The molecule has 1 aromatic heterocycles. The van der Waals surface area contributed by atoms with Crippen LogP contribution in [0.25, 0.3) is 0 Å². The summed E-state index contributed by atoms with van der Waals surface area (Å²) in [4.78, 5) is 34.0. The predicted molar refractivity (Wildman–Crippen MR) is 87.4 cm³/mol. The van der Waals surface area contributed by atoms with Crippen LogP contribution in [0.2, 0.25) is 0 Å². The highest BCUT2D eigenvalue weighted by molar-refractivity contribution is 5.89. The number of rotatable bonds is 1. The number of nitrogens with one attached hydrogen (secondary N) is 2. The van der Waals surface area contributed by atoms with Gasteiger partial charge in [-0.3, -0.25) is 4.79 Å². The van der Waals surface area contributed by atoms with Crippen molar-refractivity contribution in [2.75, 3.05) is 25.0 Å². The molecule has 8 nitrogen and oxygen atoms in total. The Hall–Kier alpha value is -2.22. The van der Waals surface area contributed by atoms with Crippen molar-refractivity contribution in [1.82, 2.24) is 20.2 Å². The number of anilines is 1. The SMILES string of the molecule is CC(C)(C)c1ncc(NC(=O)N2CCC3(CC2)NC(=O)CO3)cn1. The van der Waals surface area contributed by atoms with E-state index < -0.39 is 5.72 Å². The van der Waals surface area contributed by atoms with Crippen LogP contribution in [0.3, 0.4) is 0 Å². The molecule has 130 valence electrons. The topological polar surface area (TPSA) is 96.5 Å². The normalized spacial score (nSPS) is 20.1. The van der Waals surface area contributed by atoms with Gasteiger partial charge >= 0.3 is 6.03 Å². The fraction of sp³-hybridized carbons (Fsp3) is 0.625. The molecule has 2 N–H and O–H groups in total. The monoisotopic (exact) mass is 333 g/mol. The van der Waals surface area contributed by atoms with Gasteiger partial charge in [-0.1, -0.05) is 20.8 Å². The van der Waals surface area contributed by atoms with Crippen LogP contribution in [0.5, 0.6) is 0 Å². The fourth-order valence-corrected chi connectivity index (χ4v) is 2.85. The minimum atomic E-state index is -0.592. The van der Waals surface area contributed by atoms with Crippen molar-refractivity contribution >= 4 is 17.6 Å². The lowest BCUT2D eigenvalue weighted by atomic mass is 9.96. The van der Waals surface area contributed by atoms with Crippen molar-refractivity contribution in [3.05, 3.63) is 18.2 Å². The first-order valence-corrected chi connectivity index (χ1v) is 8.11. The van der Waals surface area contributed by atoms with Crippen LogP contribution in [0, 0.1) is 0 Å². The maximum atomic E-state index is 12.3. The average Bonchev–Trinajstić information content (AvgIpc) is 2.88. The lowest BCUT2D eigenvalue weighted by Crippen LogP contribution is -2.53. The summed E-state index contributed by atoms with van der Waals surface area (Å²) < 4.78 is 5.55. The molecule has 3 heterocycles. The molecule has 0 unspecified atom stereocenters. The third kappa shape index (κ3) is 3.48. The third-order valence-electron chi connectivity index (χ3n) is 4.28. The number of carbonyl (C=O) groups excluding carboxylic acids is 2. The van der Waals surface area contributed by atoms with Crippen molar-refractivity contribution in [3.63, 3.8) is 0 Å². The number of piperidine rings is 1. The Morgan fingerprint density at radius 2 is 1.92 bits per heavy atom. The molecule has 24 heavy (non-hydrogen) atoms. The zero-order valence-electron chi connectivity index (χ0n) is 14.3. The minimum Gasteiger partial charge on any atom is -0.346 e. The first kappa shape index (κ1) is 16.6. The second-order valence-corrected chi connectivity index (χ2v) is 7.29. The molecule has 1 spiro atoms. The second-order valence-electron chi connectivity index (χ2n) is 7.29. The smallest absolute Gasteiger partial charge is 0.321 e. The van der Waals surface area contributed by atoms with E-state index in [1.165, 1.54) is 0 Å². The third-order valence-corrected chi connectivity index (χ3v) is 4.28. The molecule has 2 aliphatic heterocycles. The first-order valence-electron chi connectivity index (χ1n) is 8.11. The summed E-state index contributed by atoms with van der Waals surface area (Å²) in [6.07, 6.45) is 4.42. The van der Waals surface area contributed by atoms with E-state index >= 15 is 0 Å². The molecular weight excluding hydrogens is 310 g/mol. The molecule has 0 atom stereocenters. The van der Waals surface area contributed by atoms with Gasteiger partial charge in [0, 0.05) is 31.3 Å². The number of aromatic nitrogens is 2. The number of urea groups is 1. The van der Waals surface area contributed by atoms with Crippen molar-refractivity contribution in [2.24, 2.45) is 0 Å². The largest absolute Gasteiger partial charge is 0.346 e. The number of likely N-dealkylation sites (tertiary alicyclic amines) is 1.